The molecular formula is C44H35N5OPt. The summed E-state index contributed by atoms with van der Waals surface area (Å²) in [6.45, 7) is 11.0. The minimum Gasteiger partial charge on any atom is -0.509 e. The summed E-state index contributed by atoms with van der Waals surface area (Å²) in [5.74, 6) is 2.01. The van der Waals surface area contributed by atoms with Crippen molar-refractivity contribution in [2.75, 3.05) is 0 Å². The molecule has 0 N–H and O–H groups in total. The second-order valence-corrected chi connectivity index (χ2v) is 14.0. The summed E-state index contributed by atoms with van der Waals surface area (Å²) >= 11 is 0. The molecule has 0 radical (unpaired) electrons. The van der Waals surface area contributed by atoms with Gasteiger partial charge in [-0.05, 0) is 59.7 Å². The van der Waals surface area contributed by atoms with Gasteiger partial charge in [-0.15, -0.1) is 41.3 Å². The quantitative estimate of drug-likeness (QED) is 0.162. The Morgan fingerprint density at radius 2 is 1.37 bits per heavy atom. The Labute approximate surface area is 311 Å². The monoisotopic (exact) mass is 844 g/mol. The third-order valence-electron chi connectivity index (χ3n) is 9.65. The van der Waals surface area contributed by atoms with E-state index < -0.39 is 0 Å². The van der Waals surface area contributed by atoms with Gasteiger partial charge in [-0.2, -0.15) is 11.2 Å². The predicted molar refractivity (Wildman–Crippen MR) is 202 cm³/mol. The largest absolute Gasteiger partial charge is 2.00 e. The molecule has 9 rings (SSSR count). The van der Waals surface area contributed by atoms with E-state index in [-0.39, 0.29) is 26.5 Å². The molecule has 9 aromatic rings. The van der Waals surface area contributed by atoms with Crippen LogP contribution >= 0.6 is 0 Å². The van der Waals surface area contributed by atoms with E-state index in [0.29, 0.717) is 11.5 Å². The zero-order valence-electron chi connectivity index (χ0n) is 29.0. The molecule has 0 unspecified atom stereocenters. The molecule has 51 heavy (non-hydrogen) atoms. The van der Waals surface area contributed by atoms with E-state index in [1.807, 2.05) is 29.2 Å². The summed E-state index contributed by atoms with van der Waals surface area (Å²) in [4.78, 5) is 4.96. The molecule has 0 spiro atoms. The topological polar surface area (TPSA) is 49.8 Å². The summed E-state index contributed by atoms with van der Waals surface area (Å²) in [5, 5.41) is 9.15. The number of nitrogens with zero attached hydrogens (tertiary/aromatic N) is 5. The van der Waals surface area contributed by atoms with Crippen molar-refractivity contribution in [2.24, 2.45) is 0 Å². The molecule has 0 bridgehead atoms. The van der Waals surface area contributed by atoms with E-state index in [4.69, 9.17) is 9.72 Å². The van der Waals surface area contributed by atoms with Crippen LogP contribution in [0.5, 0.6) is 11.5 Å². The van der Waals surface area contributed by atoms with Crippen molar-refractivity contribution in [3.63, 3.8) is 0 Å². The number of aromatic nitrogens is 5. The standard InChI is InChI=1S/C44H35N5O.Pt/c1-28-11-8-14-37-38-15-9-12-29(2)43(38)48(42(28)37)31-19-21-45-41(26-31)49-39-16-7-6-13-35(39)36-18-17-33(27-40(36)49)50-34-24-30(44(3,4)5)23-32(25-34)47-22-10-20-46-47;/h6-24,26H,1-5H3;/q-2;+2. The Balaban J connectivity index is 0.00000374. The Morgan fingerprint density at radius 3 is 2.08 bits per heavy atom. The van der Waals surface area contributed by atoms with Crippen LogP contribution in [0, 0.1) is 26.0 Å². The first kappa shape index (κ1) is 32.7. The maximum Gasteiger partial charge on any atom is 2.00 e. The number of pyridine rings is 1. The molecule has 0 saturated carbocycles. The van der Waals surface area contributed by atoms with Crippen molar-refractivity contribution in [1.29, 1.82) is 0 Å². The third-order valence-corrected chi connectivity index (χ3v) is 9.65. The minimum absolute atomic E-state index is 0. The number of ether oxygens (including phenoxy) is 1. The van der Waals surface area contributed by atoms with Crippen molar-refractivity contribution in [3.8, 4) is 28.7 Å². The molecule has 7 heteroatoms. The van der Waals surface area contributed by atoms with Crippen LogP contribution in [0.15, 0.2) is 122 Å². The van der Waals surface area contributed by atoms with Crippen LogP contribution in [0.1, 0.15) is 37.5 Å². The average molecular weight is 845 g/mol. The normalized spacial score (nSPS) is 11.9. The molecule has 0 amide bonds. The zero-order chi connectivity index (χ0) is 34.1. The molecular weight excluding hydrogens is 810 g/mol. The first-order chi connectivity index (χ1) is 24.2. The van der Waals surface area contributed by atoms with Crippen LogP contribution in [0.3, 0.4) is 0 Å². The van der Waals surface area contributed by atoms with Crippen LogP contribution in [-0.2, 0) is 26.5 Å². The van der Waals surface area contributed by atoms with Gasteiger partial charge in [0, 0.05) is 52.4 Å². The fourth-order valence-corrected chi connectivity index (χ4v) is 7.23. The molecule has 5 aromatic carbocycles. The van der Waals surface area contributed by atoms with Crippen LogP contribution in [0.25, 0.3) is 60.8 Å². The SMILES string of the molecule is Cc1cccc2c3cccc(C)c3n(-c3ccnc(-n4c5[c-]c(Oc6[c-]c(-n7cccn7)cc(C(C)(C)C)c6)ccc5c5ccccc54)c3)c12.[Pt+2]. The Morgan fingerprint density at radius 1 is 0.647 bits per heavy atom. The summed E-state index contributed by atoms with van der Waals surface area (Å²) in [7, 11) is 0. The molecule has 4 aromatic heterocycles. The van der Waals surface area contributed by atoms with E-state index in [2.05, 4.69) is 152 Å². The van der Waals surface area contributed by atoms with E-state index in [1.54, 1.807) is 6.20 Å². The molecule has 0 aliphatic carbocycles. The Kier molecular flexibility index (Phi) is 7.96. The Bertz CT molecular complexity index is 2690. The van der Waals surface area contributed by atoms with Crippen LogP contribution in [0.4, 0.5) is 0 Å². The molecule has 6 nitrogen and oxygen atoms in total. The minimum atomic E-state index is -0.0979. The fraction of sp³-hybridized carbons (Fsp3) is 0.136. The van der Waals surface area contributed by atoms with Crippen molar-refractivity contribution in [1.82, 2.24) is 23.9 Å². The number of para-hydroxylation sites is 3. The van der Waals surface area contributed by atoms with Gasteiger partial charge in [0.1, 0.15) is 5.82 Å². The zero-order valence-corrected chi connectivity index (χ0v) is 31.3. The molecule has 0 atom stereocenters. The van der Waals surface area contributed by atoms with Gasteiger partial charge in [0.05, 0.1) is 16.7 Å². The molecule has 0 fully saturated rings. The van der Waals surface area contributed by atoms with E-state index in [9.17, 15) is 0 Å². The van der Waals surface area contributed by atoms with Crippen molar-refractivity contribution in [2.45, 2.75) is 40.0 Å². The molecule has 0 saturated heterocycles. The molecule has 4 heterocycles. The van der Waals surface area contributed by atoms with Crippen LogP contribution < -0.4 is 4.74 Å². The first-order valence-electron chi connectivity index (χ1n) is 16.9. The van der Waals surface area contributed by atoms with Gasteiger partial charge in [0.15, 0.2) is 0 Å². The number of hydrogen-bond donors (Lipinski definition) is 0. The maximum absolute atomic E-state index is 6.56. The van der Waals surface area contributed by atoms with Crippen molar-refractivity contribution < 1.29 is 25.8 Å². The molecule has 0 aliphatic heterocycles. The van der Waals surface area contributed by atoms with E-state index in [0.717, 1.165) is 44.6 Å². The first-order valence-corrected chi connectivity index (χ1v) is 16.9. The second kappa shape index (κ2) is 12.4. The maximum atomic E-state index is 6.56. The average Bonchev–Trinajstić information content (AvgIpc) is 3.84. The fourth-order valence-electron chi connectivity index (χ4n) is 7.23. The van der Waals surface area contributed by atoms with Gasteiger partial charge >= 0.3 is 21.1 Å². The number of aryl methyl sites for hydroxylation is 2. The third kappa shape index (κ3) is 5.46. The number of benzene rings is 5. The van der Waals surface area contributed by atoms with Crippen molar-refractivity contribution >= 4 is 43.6 Å². The molecule has 252 valence electrons. The second-order valence-electron chi connectivity index (χ2n) is 14.0. The summed E-state index contributed by atoms with van der Waals surface area (Å²) in [5.41, 5.74) is 9.73. The summed E-state index contributed by atoms with van der Waals surface area (Å²) in [6.07, 6.45) is 5.59. The van der Waals surface area contributed by atoms with Crippen LogP contribution in [-0.4, -0.2) is 23.9 Å². The van der Waals surface area contributed by atoms with Crippen LogP contribution in [0.2, 0.25) is 0 Å². The number of hydrogen-bond acceptors (Lipinski definition) is 3. The van der Waals surface area contributed by atoms with Gasteiger partial charge in [-0.1, -0.05) is 80.9 Å². The number of rotatable bonds is 5. The Hall–Kier alpha value is -5.45. The van der Waals surface area contributed by atoms with Crippen molar-refractivity contribution in [3.05, 3.63) is 151 Å². The predicted octanol–water partition coefficient (Wildman–Crippen LogP) is 10.8. The van der Waals surface area contributed by atoms with Gasteiger partial charge in [-0.3, -0.25) is 4.68 Å². The molecule has 0 aliphatic rings. The van der Waals surface area contributed by atoms with E-state index >= 15 is 0 Å². The number of fused-ring (bicyclic) bond motifs is 6. The summed E-state index contributed by atoms with van der Waals surface area (Å²) < 4.78 is 13.0. The van der Waals surface area contributed by atoms with E-state index in [1.165, 1.54) is 32.9 Å². The van der Waals surface area contributed by atoms with Gasteiger partial charge < -0.3 is 13.9 Å². The smallest absolute Gasteiger partial charge is 0.509 e. The van der Waals surface area contributed by atoms with Gasteiger partial charge in [-0.25, -0.2) is 4.98 Å². The summed E-state index contributed by atoms with van der Waals surface area (Å²) in [6, 6.07) is 43.1. The van der Waals surface area contributed by atoms with Gasteiger partial charge in [0.2, 0.25) is 0 Å². The van der Waals surface area contributed by atoms with Gasteiger partial charge in [0.25, 0.3) is 0 Å².